The van der Waals surface area contributed by atoms with Crippen LogP contribution in [0.15, 0.2) is 151 Å². The maximum atomic E-state index is 9.78. The Morgan fingerprint density at radius 2 is 1.09 bits per heavy atom. The Morgan fingerprint density at radius 1 is 0.522 bits per heavy atom. The fourth-order valence-electron chi connectivity index (χ4n) is 4.86. The van der Waals surface area contributed by atoms with Gasteiger partial charge in [-0.3, -0.25) is 0 Å². The van der Waals surface area contributed by atoms with Crippen LogP contribution in [0, 0.1) is 0 Å². The summed E-state index contributed by atoms with van der Waals surface area (Å²) in [6, 6.07) is -1.33. The SMILES string of the molecule is [2H]c1c([2H])c([2H])c(-c2cc(C(C)(C)C)ccc2Nc2c([2H])c([2H])c([2H])c(N(c3ccc(C(C)(C)C)cc3)c3c([2H])c([2H])c([2H])c([2H])c3-c3c([2H])c([2H])c([2H])c([2H])c3[2H])c2[2H])c([2H])c1[2H]. The second kappa shape index (κ2) is 12.7. The van der Waals surface area contributed by atoms with Gasteiger partial charge < -0.3 is 10.2 Å². The molecule has 0 saturated carbocycles. The first-order valence-electron chi connectivity index (χ1n) is 23.7. The van der Waals surface area contributed by atoms with E-state index >= 15 is 0 Å². The Bertz CT molecular complexity index is 2860. The highest BCUT2D eigenvalue weighted by molar-refractivity contribution is 5.89. The molecule has 0 unspecified atom stereocenters. The maximum Gasteiger partial charge on any atom is 0.0667 e. The average molecular weight is 619 g/mol. The first kappa shape index (κ1) is 16.0. The van der Waals surface area contributed by atoms with Crippen LogP contribution in [0.4, 0.5) is 28.4 Å². The van der Waals surface area contributed by atoms with Crippen LogP contribution < -0.4 is 10.2 Å². The molecule has 0 heterocycles. The summed E-state index contributed by atoms with van der Waals surface area (Å²) in [5, 5.41) is 3.00. The molecule has 0 amide bonds. The molecule has 1 N–H and O–H groups in total. The zero-order valence-corrected chi connectivity index (χ0v) is 26.5. The summed E-state index contributed by atoms with van der Waals surface area (Å²) in [6.07, 6.45) is 0. The number of para-hydroxylation sites is 1. The van der Waals surface area contributed by atoms with Crippen molar-refractivity contribution in [1.82, 2.24) is 0 Å². The van der Waals surface area contributed by atoms with Crippen molar-refractivity contribution in [3.05, 3.63) is 162 Å². The summed E-state index contributed by atoms with van der Waals surface area (Å²) >= 11 is 0. The van der Waals surface area contributed by atoms with E-state index in [4.69, 9.17) is 20.6 Å². The van der Waals surface area contributed by atoms with E-state index in [1.54, 1.807) is 42.5 Å². The lowest BCUT2D eigenvalue weighted by Gasteiger charge is -2.29. The van der Waals surface area contributed by atoms with Gasteiger partial charge in [-0.15, -0.1) is 0 Å². The quantitative estimate of drug-likeness (QED) is 0.191. The van der Waals surface area contributed by atoms with Gasteiger partial charge in [0.1, 0.15) is 0 Å². The Balaban J connectivity index is 1.77. The molecule has 0 aliphatic heterocycles. The smallest absolute Gasteiger partial charge is 0.0667 e. The van der Waals surface area contributed by atoms with Crippen LogP contribution in [-0.4, -0.2) is 0 Å². The fraction of sp³-hybridized carbons (Fsp3) is 0.182. The van der Waals surface area contributed by atoms with E-state index in [0.29, 0.717) is 5.56 Å². The van der Waals surface area contributed by atoms with Gasteiger partial charge in [-0.1, -0.05) is 144 Å². The molecule has 0 atom stereocenters. The molecule has 230 valence electrons. The Kier molecular flexibility index (Phi) is 4.42. The lowest BCUT2D eigenvalue weighted by atomic mass is 9.85. The van der Waals surface area contributed by atoms with Crippen molar-refractivity contribution < 1.29 is 24.7 Å². The van der Waals surface area contributed by atoms with E-state index in [1.165, 1.54) is 0 Å². The highest BCUT2D eigenvalue weighted by Crippen LogP contribution is 2.42. The minimum Gasteiger partial charge on any atom is -0.355 e. The zero-order chi connectivity index (χ0) is 48.0. The summed E-state index contributed by atoms with van der Waals surface area (Å²) in [4.78, 5) is 1.09. The Morgan fingerprint density at radius 3 is 1.72 bits per heavy atom. The third kappa shape index (κ3) is 6.77. The van der Waals surface area contributed by atoms with Crippen LogP contribution in [0.5, 0.6) is 0 Å². The number of hydrogen-bond donors (Lipinski definition) is 1. The molecule has 6 aromatic carbocycles. The largest absolute Gasteiger partial charge is 0.355 e. The summed E-state index contributed by atoms with van der Waals surface area (Å²) in [5.41, 5.74) is -1.92. The minimum atomic E-state index is -0.806. The predicted molar refractivity (Wildman–Crippen MR) is 199 cm³/mol. The molecule has 0 spiro atoms. The lowest BCUT2D eigenvalue weighted by Crippen LogP contribution is -2.14. The van der Waals surface area contributed by atoms with E-state index in [9.17, 15) is 4.11 Å². The molecule has 2 nitrogen and oxygen atoms in total. The van der Waals surface area contributed by atoms with E-state index in [-0.39, 0.29) is 22.5 Å². The van der Waals surface area contributed by atoms with E-state index in [2.05, 4.69) is 5.32 Å². The molecule has 0 radical (unpaired) electrons. The van der Waals surface area contributed by atoms with Gasteiger partial charge >= 0.3 is 0 Å². The van der Waals surface area contributed by atoms with Gasteiger partial charge in [0.2, 0.25) is 0 Å². The minimum absolute atomic E-state index is 0.0548. The second-order valence-electron chi connectivity index (χ2n) is 12.7. The van der Waals surface area contributed by atoms with Gasteiger partial charge in [0.25, 0.3) is 0 Å². The number of hydrogen-bond acceptors (Lipinski definition) is 2. The number of benzene rings is 6. The van der Waals surface area contributed by atoms with Gasteiger partial charge in [-0.25, -0.2) is 0 Å². The van der Waals surface area contributed by atoms with Crippen molar-refractivity contribution in [2.45, 2.75) is 52.4 Å². The fourth-order valence-corrected chi connectivity index (χ4v) is 4.86. The third-order valence-electron chi connectivity index (χ3n) is 7.38. The predicted octanol–water partition coefficient (Wildman–Crippen LogP) is 12.8. The van der Waals surface area contributed by atoms with Crippen molar-refractivity contribution >= 4 is 28.4 Å². The van der Waals surface area contributed by atoms with Crippen molar-refractivity contribution in [1.29, 1.82) is 0 Å². The van der Waals surface area contributed by atoms with Crippen LogP contribution in [0.3, 0.4) is 0 Å². The molecule has 6 aromatic rings. The molecule has 0 aromatic heterocycles. The number of nitrogens with one attached hydrogen (secondary N) is 1. The van der Waals surface area contributed by atoms with Crippen LogP contribution in [0.25, 0.3) is 22.3 Å². The summed E-state index contributed by atoms with van der Waals surface area (Å²) < 4.78 is 159. The van der Waals surface area contributed by atoms with E-state index < -0.39 is 148 Å². The first-order valence-corrected chi connectivity index (χ1v) is 14.7. The summed E-state index contributed by atoms with van der Waals surface area (Å²) in [6.45, 7) is 11.6. The van der Waals surface area contributed by atoms with Crippen LogP contribution in [0.1, 0.15) is 77.3 Å². The molecular weight excluding hydrogens is 556 g/mol. The van der Waals surface area contributed by atoms with Gasteiger partial charge in [0.15, 0.2) is 0 Å². The number of rotatable bonds is 7. The standard InChI is InChI=1S/C44H44N2/c1-43(2,3)34-24-27-37(28-25-34)46(42-23-14-13-22-39(42)32-16-9-7-10-17-32)38-21-15-20-36(31-38)45-41-29-26-35(44(4,5)6)30-40(41)33-18-11-8-12-19-33/h7-31,45H,1-6H3/i7D,8D,9D,10D,11D,12D,13D,14D,15D,16D,17D,18D,19D,20D,21D,22D,23D,31D. The Hall–Kier alpha value is -5.08. The molecular formula is C44H44N2. The monoisotopic (exact) mass is 618 g/mol. The molecule has 0 aliphatic carbocycles. The molecule has 0 aliphatic rings. The van der Waals surface area contributed by atoms with Gasteiger partial charge in [-0.05, 0) is 81.5 Å². The molecule has 0 fully saturated rings. The van der Waals surface area contributed by atoms with Crippen molar-refractivity contribution in [2.24, 2.45) is 0 Å². The molecule has 46 heavy (non-hydrogen) atoms. The summed E-state index contributed by atoms with van der Waals surface area (Å²) in [7, 11) is 0. The van der Waals surface area contributed by atoms with Crippen molar-refractivity contribution in [3.63, 3.8) is 0 Å². The molecule has 0 bridgehead atoms. The van der Waals surface area contributed by atoms with Crippen LogP contribution in [-0.2, 0) is 10.8 Å². The highest BCUT2D eigenvalue weighted by atomic mass is 15.1. The van der Waals surface area contributed by atoms with Crippen molar-refractivity contribution in [3.8, 4) is 22.3 Å². The number of nitrogens with zero attached hydrogens (tertiary/aromatic N) is 1. The normalized spacial score (nSPS) is 17.2. The van der Waals surface area contributed by atoms with Gasteiger partial charge in [0, 0.05) is 33.9 Å². The second-order valence-corrected chi connectivity index (χ2v) is 12.7. The molecule has 2 heteroatoms. The van der Waals surface area contributed by atoms with E-state index in [1.807, 2.05) is 41.5 Å². The first-order chi connectivity index (χ1) is 29.6. The molecule has 0 saturated heterocycles. The van der Waals surface area contributed by atoms with E-state index in [0.717, 1.165) is 10.5 Å². The van der Waals surface area contributed by atoms with Crippen LogP contribution >= 0.6 is 0 Å². The molecule has 6 rings (SSSR count). The van der Waals surface area contributed by atoms with Crippen LogP contribution in [0.2, 0.25) is 0 Å². The Labute approximate surface area is 300 Å². The lowest BCUT2D eigenvalue weighted by molar-refractivity contribution is 0.590. The summed E-state index contributed by atoms with van der Waals surface area (Å²) in [5.74, 6) is 0. The van der Waals surface area contributed by atoms with Crippen molar-refractivity contribution in [2.75, 3.05) is 10.2 Å². The van der Waals surface area contributed by atoms with Gasteiger partial charge in [0.05, 0.1) is 30.4 Å². The highest BCUT2D eigenvalue weighted by Gasteiger charge is 2.20. The average Bonchev–Trinajstić information content (AvgIpc) is 3.24. The topological polar surface area (TPSA) is 15.3 Å². The number of anilines is 5. The maximum absolute atomic E-state index is 9.78. The third-order valence-corrected chi connectivity index (χ3v) is 7.38. The zero-order valence-electron chi connectivity index (χ0n) is 44.5. The van der Waals surface area contributed by atoms with Gasteiger partial charge in [-0.2, -0.15) is 0 Å².